The van der Waals surface area contributed by atoms with E-state index in [-0.39, 0.29) is 5.91 Å². The first kappa shape index (κ1) is 14.2. The summed E-state index contributed by atoms with van der Waals surface area (Å²) in [7, 11) is 0. The van der Waals surface area contributed by atoms with Crippen molar-refractivity contribution in [1.82, 2.24) is 5.32 Å². The molecule has 102 valence electrons. The van der Waals surface area contributed by atoms with E-state index >= 15 is 0 Å². The van der Waals surface area contributed by atoms with Crippen molar-refractivity contribution in [3.8, 4) is 0 Å². The van der Waals surface area contributed by atoms with Crippen molar-refractivity contribution >= 4 is 28.6 Å². The zero-order valence-corrected chi connectivity index (χ0v) is 12.7. The fraction of sp³-hybridized carbons (Fsp3) is 0.357. The summed E-state index contributed by atoms with van der Waals surface area (Å²) in [6, 6.07) is 6.62. The molecule has 0 saturated heterocycles. The van der Waals surface area contributed by atoms with E-state index < -0.39 is 0 Å². The highest BCUT2D eigenvalue weighted by Gasteiger charge is 2.08. The van der Waals surface area contributed by atoms with Gasteiger partial charge in [0.2, 0.25) is 5.91 Å². The number of thiophene rings is 2. The molecular formula is C14H18N2OS2. The average molecular weight is 294 g/mol. The lowest BCUT2D eigenvalue weighted by atomic mass is 10.2. The molecule has 0 saturated carbocycles. The Labute approximate surface area is 121 Å². The van der Waals surface area contributed by atoms with Crippen molar-refractivity contribution in [3.05, 3.63) is 43.8 Å². The van der Waals surface area contributed by atoms with Crippen LogP contribution in [0.4, 0.5) is 0 Å². The third kappa shape index (κ3) is 4.16. The summed E-state index contributed by atoms with van der Waals surface area (Å²) in [6.07, 6.45) is 1.03. The summed E-state index contributed by atoms with van der Waals surface area (Å²) < 4.78 is 0. The van der Waals surface area contributed by atoms with Gasteiger partial charge in [-0.2, -0.15) is 0 Å². The van der Waals surface area contributed by atoms with Crippen LogP contribution < -0.4 is 11.1 Å². The average Bonchev–Trinajstić information content (AvgIpc) is 2.96. The Morgan fingerprint density at radius 2 is 2.21 bits per heavy atom. The molecule has 2 aromatic rings. The molecule has 1 amide bonds. The Kier molecular flexibility index (Phi) is 4.74. The lowest BCUT2D eigenvalue weighted by Gasteiger charge is -2.11. The molecule has 0 aliphatic heterocycles. The summed E-state index contributed by atoms with van der Waals surface area (Å²) in [4.78, 5) is 14.9. The van der Waals surface area contributed by atoms with Gasteiger partial charge in [0.15, 0.2) is 0 Å². The van der Waals surface area contributed by atoms with E-state index in [1.54, 1.807) is 11.3 Å². The van der Waals surface area contributed by atoms with Crippen LogP contribution in [0, 0.1) is 6.92 Å². The molecule has 0 aliphatic rings. The number of hydrogen-bond donors (Lipinski definition) is 2. The molecule has 2 heterocycles. The molecule has 19 heavy (non-hydrogen) atoms. The van der Waals surface area contributed by atoms with Crippen molar-refractivity contribution < 1.29 is 4.79 Å². The van der Waals surface area contributed by atoms with E-state index in [9.17, 15) is 4.79 Å². The van der Waals surface area contributed by atoms with Crippen LogP contribution in [-0.2, 0) is 13.0 Å². The second-order valence-corrected chi connectivity index (χ2v) is 7.03. The highest BCUT2D eigenvalue weighted by atomic mass is 32.1. The number of primary amides is 1. The van der Waals surface area contributed by atoms with Gasteiger partial charge >= 0.3 is 0 Å². The third-order valence-corrected chi connectivity index (χ3v) is 4.83. The fourth-order valence-corrected chi connectivity index (χ4v) is 3.69. The highest BCUT2D eigenvalue weighted by Crippen LogP contribution is 2.18. The highest BCUT2D eigenvalue weighted by molar-refractivity contribution is 7.11. The smallest absolute Gasteiger partial charge is 0.249 e. The topological polar surface area (TPSA) is 55.1 Å². The number of amides is 1. The predicted octanol–water partition coefficient (Wildman–Crippen LogP) is 2.94. The van der Waals surface area contributed by atoms with E-state index in [0.29, 0.717) is 11.6 Å². The molecule has 0 bridgehead atoms. The Bertz CT molecular complexity index is 559. The quantitative estimate of drug-likeness (QED) is 0.860. The van der Waals surface area contributed by atoms with Crippen LogP contribution in [0.2, 0.25) is 0 Å². The van der Waals surface area contributed by atoms with Crippen LogP contribution in [0.3, 0.4) is 0 Å². The van der Waals surface area contributed by atoms with Gasteiger partial charge < -0.3 is 11.1 Å². The van der Waals surface area contributed by atoms with Gasteiger partial charge in [0.25, 0.3) is 0 Å². The number of rotatable bonds is 6. The van der Waals surface area contributed by atoms with Gasteiger partial charge in [-0.25, -0.2) is 0 Å². The summed E-state index contributed by atoms with van der Waals surface area (Å²) in [5, 5.41) is 5.29. The lowest BCUT2D eigenvalue weighted by Crippen LogP contribution is -2.26. The zero-order valence-electron chi connectivity index (χ0n) is 11.1. The number of aryl methyl sites for hydroxylation is 1. The third-order valence-electron chi connectivity index (χ3n) is 2.87. The van der Waals surface area contributed by atoms with Gasteiger partial charge in [-0.05, 0) is 38.5 Å². The summed E-state index contributed by atoms with van der Waals surface area (Å²) in [6.45, 7) is 5.09. The SMILES string of the molecule is Cc1ccc(CC(C)NCc2cc(C(N)=O)cs2)s1. The van der Waals surface area contributed by atoms with Gasteiger partial charge in [0, 0.05) is 32.6 Å². The summed E-state index contributed by atoms with van der Waals surface area (Å²) in [5.41, 5.74) is 5.84. The minimum Gasteiger partial charge on any atom is -0.366 e. The van der Waals surface area contributed by atoms with Gasteiger partial charge in [0.1, 0.15) is 0 Å². The normalized spacial score (nSPS) is 12.5. The van der Waals surface area contributed by atoms with Gasteiger partial charge in [0.05, 0.1) is 5.56 Å². The van der Waals surface area contributed by atoms with Gasteiger partial charge in [-0.1, -0.05) is 0 Å². The molecule has 0 radical (unpaired) electrons. The van der Waals surface area contributed by atoms with Crippen molar-refractivity contribution in [2.75, 3.05) is 0 Å². The second kappa shape index (κ2) is 6.32. The summed E-state index contributed by atoms with van der Waals surface area (Å²) in [5.74, 6) is -0.357. The van der Waals surface area contributed by atoms with Gasteiger partial charge in [-0.15, -0.1) is 22.7 Å². The van der Waals surface area contributed by atoms with Crippen molar-refractivity contribution in [3.63, 3.8) is 0 Å². The molecule has 0 aromatic carbocycles. The Morgan fingerprint density at radius 3 is 2.79 bits per heavy atom. The number of nitrogens with two attached hydrogens (primary N) is 1. The van der Waals surface area contributed by atoms with Crippen LogP contribution in [-0.4, -0.2) is 11.9 Å². The molecule has 0 spiro atoms. The van der Waals surface area contributed by atoms with E-state index in [0.717, 1.165) is 17.8 Å². The first-order chi connectivity index (χ1) is 9.04. The molecule has 2 rings (SSSR count). The van der Waals surface area contributed by atoms with E-state index in [2.05, 4.69) is 31.3 Å². The molecular weight excluding hydrogens is 276 g/mol. The number of nitrogens with one attached hydrogen (secondary N) is 1. The van der Waals surface area contributed by atoms with Gasteiger partial charge in [-0.3, -0.25) is 4.79 Å². The zero-order chi connectivity index (χ0) is 13.8. The monoisotopic (exact) mass is 294 g/mol. The standard InChI is InChI=1S/C14H18N2OS2/c1-9(5-12-4-3-10(2)19-12)16-7-13-6-11(8-18-13)14(15)17/h3-4,6,8-9,16H,5,7H2,1-2H3,(H2,15,17). The predicted molar refractivity (Wildman–Crippen MR) is 81.9 cm³/mol. The molecule has 3 N–H and O–H groups in total. The molecule has 1 unspecified atom stereocenters. The summed E-state index contributed by atoms with van der Waals surface area (Å²) >= 11 is 3.42. The molecule has 0 fully saturated rings. The largest absolute Gasteiger partial charge is 0.366 e. The van der Waals surface area contributed by atoms with Crippen molar-refractivity contribution in [2.45, 2.75) is 32.9 Å². The number of hydrogen-bond acceptors (Lipinski definition) is 4. The minimum atomic E-state index is -0.357. The Morgan fingerprint density at radius 1 is 1.42 bits per heavy atom. The molecule has 0 aliphatic carbocycles. The lowest BCUT2D eigenvalue weighted by molar-refractivity contribution is 0.100. The fourth-order valence-electron chi connectivity index (χ4n) is 1.85. The molecule has 5 heteroatoms. The second-order valence-electron chi connectivity index (χ2n) is 4.66. The van der Waals surface area contributed by atoms with Crippen molar-refractivity contribution in [2.24, 2.45) is 5.73 Å². The minimum absolute atomic E-state index is 0.357. The van der Waals surface area contributed by atoms with Crippen LogP contribution in [0.1, 0.15) is 31.9 Å². The molecule has 1 atom stereocenters. The van der Waals surface area contributed by atoms with Crippen LogP contribution >= 0.6 is 22.7 Å². The number of carbonyl (C=O) groups excluding carboxylic acids is 1. The maximum atomic E-state index is 11.0. The maximum absolute atomic E-state index is 11.0. The van der Waals surface area contributed by atoms with E-state index in [1.807, 2.05) is 22.8 Å². The van der Waals surface area contributed by atoms with Crippen molar-refractivity contribution in [1.29, 1.82) is 0 Å². The molecule has 2 aromatic heterocycles. The first-order valence-corrected chi connectivity index (χ1v) is 7.90. The van der Waals surface area contributed by atoms with E-state index in [1.165, 1.54) is 9.75 Å². The maximum Gasteiger partial charge on any atom is 0.249 e. The van der Waals surface area contributed by atoms with Crippen LogP contribution in [0.5, 0.6) is 0 Å². The number of carbonyl (C=O) groups is 1. The van der Waals surface area contributed by atoms with E-state index in [4.69, 9.17) is 5.73 Å². The first-order valence-electron chi connectivity index (χ1n) is 6.20. The Balaban J connectivity index is 1.82. The van der Waals surface area contributed by atoms with Crippen LogP contribution in [0.15, 0.2) is 23.6 Å². The van der Waals surface area contributed by atoms with Crippen LogP contribution in [0.25, 0.3) is 0 Å². The Hall–Kier alpha value is -1.17. The molecule has 3 nitrogen and oxygen atoms in total.